The third-order valence-corrected chi connectivity index (χ3v) is 24.6. The van der Waals surface area contributed by atoms with E-state index in [1.807, 2.05) is 6.92 Å². The Hall–Kier alpha value is -3.65. The Morgan fingerprint density at radius 3 is 0.898 bits per heavy atom. The van der Waals surface area contributed by atoms with E-state index in [4.69, 9.17) is 14.2 Å². The fraction of sp³-hybridized carbons (Fsp3) is 0.635. The van der Waals surface area contributed by atoms with Crippen LogP contribution in [0.5, 0.6) is 0 Å². The Kier molecular flexibility index (Phi) is 21.4. The van der Waals surface area contributed by atoms with Crippen molar-refractivity contribution in [2.75, 3.05) is 11.5 Å². The zero-order chi connectivity index (χ0) is 63.5. The zero-order valence-corrected chi connectivity index (χ0v) is 53.9. The van der Waals surface area contributed by atoms with Crippen LogP contribution in [0.25, 0.3) is 0 Å². The van der Waals surface area contributed by atoms with Gasteiger partial charge in [-0.25, -0.2) is 21.6 Å². The minimum atomic E-state index is -5.20. The van der Waals surface area contributed by atoms with Gasteiger partial charge in [-0.1, -0.05) is 61.2 Å². The molecule has 12 saturated carbocycles. The van der Waals surface area contributed by atoms with Gasteiger partial charge in [-0.3, -0.25) is 9.59 Å². The van der Waals surface area contributed by atoms with Crippen LogP contribution in [0.3, 0.4) is 0 Å². The molecule has 12 bridgehead atoms. The molecule has 0 aromatic heterocycles. The molecule has 0 heterocycles. The maximum absolute atomic E-state index is 13.0. The Balaban J connectivity index is 0.000000152. The van der Waals surface area contributed by atoms with Crippen LogP contribution in [-0.4, -0.2) is 90.7 Å². The summed E-state index contributed by atoms with van der Waals surface area (Å²) in [6.07, 6.45) is -0.912. The van der Waals surface area contributed by atoms with E-state index in [0.717, 1.165) is 89.9 Å². The molecule has 0 saturated heterocycles. The second kappa shape index (κ2) is 26.8. The molecular weight excluding hydrogens is 1240 g/mol. The van der Waals surface area contributed by atoms with Crippen molar-refractivity contribution in [1.82, 2.24) is 0 Å². The van der Waals surface area contributed by atoms with Gasteiger partial charge in [0.25, 0.3) is 0 Å². The Bertz CT molecular complexity index is 2900. The van der Waals surface area contributed by atoms with Crippen LogP contribution in [0.2, 0.25) is 0 Å². The molecule has 88 heavy (non-hydrogen) atoms. The Labute approximate surface area is 533 Å². The summed E-state index contributed by atoms with van der Waals surface area (Å²) < 4.78 is 196. The number of hydrogen-bond acceptors (Lipinski definition) is 12. The molecule has 0 spiro atoms. The first kappa shape index (κ1) is 70.2. The number of rotatable bonds is 13. The predicted octanol–water partition coefficient (Wildman–Crippen LogP) is 10.6. The van der Waals surface area contributed by atoms with E-state index in [2.05, 4.69) is 97.6 Å². The average Bonchev–Trinajstić information content (AvgIpc) is 1.04. The number of ether oxygens (including phenoxy) is 3. The van der Waals surface area contributed by atoms with Crippen molar-refractivity contribution in [3.63, 3.8) is 0 Å². The van der Waals surface area contributed by atoms with Gasteiger partial charge >= 0.3 is 66.0 Å². The zero-order valence-electron chi connectivity index (χ0n) is 49.5. The molecule has 3 aromatic carbocycles. The molecule has 2 unspecified atom stereocenters. The van der Waals surface area contributed by atoms with Crippen molar-refractivity contribution in [1.29, 1.82) is 0 Å². The maximum Gasteiger partial charge on any atom is 1.00 e. The van der Waals surface area contributed by atoms with Gasteiger partial charge in [-0.15, -0.1) is 0 Å². The summed E-state index contributed by atoms with van der Waals surface area (Å²) in [4.78, 5) is 40.1. The van der Waals surface area contributed by atoms with Gasteiger partial charge in [0.1, 0.15) is 22.4 Å². The second-order valence-electron chi connectivity index (χ2n) is 26.6. The normalized spacial score (nSPS) is 33.6. The molecule has 15 rings (SSSR count). The minimum Gasteiger partial charge on any atom is -0.748 e. The molecule has 25 heteroatoms. The van der Waals surface area contributed by atoms with Crippen LogP contribution in [-0.2, 0) is 59.7 Å². The number of alkyl halides is 9. The summed E-state index contributed by atoms with van der Waals surface area (Å²) in [5, 5.41) is 0. The van der Waals surface area contributed by atoms with E-state index in [1.165, 1.54) is 21.1 Å². The van der Waals surface area contributed by atoms with Crippen molar-refractivity contribution in [3.8, 4) is 0 Å². The molecule has 12 aliphatic carbocycles. The Morgan fingerprint density at radius 1 is 0.466 bits per heavy atom. The van der Waals surface area contributed by atoms with Crippen LogP contribution in [0.4, 0.5) is 39.5 Å². The summed E-state index contributed by atoms with van der Waals surface area (Å²) in [5.74, 6) is -10.1. The first-order valence-corrected chi connectivity index (χ1v) is 34.1. The van der Waals surface area contributed by atoms with Crippen LogP contribution < -0.4 is 29.6 Å². The van der Waals surface area contributed by atoms with Crippen LogP contribution in [0, 0.1) is 82.9 Å². The van der Waals surface area contributed by atoms with Crippen molar-refractivity contribution in [3.05, 3.63) is 103 Å². The number of carbonyl (C=O) groups excluding carboxylic acids is 3. The van der Waals surface area contributed by atoms with Gasteiger partial charge in [-0.2, -0.15) is 39.5 Å². The molecule has 480 valence electrons. The quantitative estimate of drug-likeness (QED) is 0.0299. The molecule has 12 aliphatic rings. The molecule has 12 nitrogen and oxygen atoms in total. The first-order chi connectivity index (χ1) is 40.4. The van der Waals surface area contributed by atoms with Crippen molar-refractivity contribution < 1.29 is 124 Å². The molecule has 12 fully saturated rings. The van der Waals surface area contributed by atoms with E-state index >= 15 is 0 Å². The van der Waals surface area contributed by atoms with E-state index < -0.39 is 102 Å². The van der Waals surface area contributed by atoms with Crippen molar-refractivity contribution in [2.24, 2.45) is 82.9 Å². The maximum atomic E-state index is 13.0. The van der Waals surface area contributed by atoms with Gasteiger partial charge in [0.2, 0.25) is 0 Å². The first-order valence-electron chi connectivity index (χ1n) is 29.8. The number of hydrogen-bond donors (Lipinski definition) is 0. The van der Waals surface area contributed by atoms with Crippen molar-refractivity contribution >= 4 is 49.0 Å². The molecule has 0 amide bonds. The smallest absolute Gasteiger partial charge is 0.748 e. The fourth-order valence-electron chi connectivity index (χ4n) is 16.9. The van der Waals surface area contributed by atoms with Gasteiger partial charge in [0.15, 0.2) is 26.5 Å². The summed E-state index contributed by atoms with van der Waals surface area (Å²) in [6.45, 7) is 7.99. The molecular formula is C63H74F9NaO12S3. The van der Waals surface area contributed by atoms with E-state index in [0.29, 0.717) is 35.5 Å². The van der Waals surface area contributed by atoms with Gasteiger partial charge < -0.3 is 23.3 Å². The number of esters is 3. The second-order valence-corrected chi connectivity index (χ2v) is 31.5. The molecule has 3 aromatic rings. The van der Waals surface area contributed by atoms with Crippen molar-refractivity contribution in [2.45, 2.75) is 167 Å². The number of carbonyl (C=O) groups is 3. The van der Waals surface area contributed by atoms with E-state index in [1.54, 1.807) is 13.8 Å². The monoisotopic (exact) mass is 1310 g/mol. The van der Waals surface area contributed by atoms with E-state index in [9.17, 15) is 79.8 Å². The average molecular weight is 1310 g/mol. The van der Waals surface area contributed by atoms with Gasteiger partial charge in [0, 0.05) is 0 Å². The summed E-state index contributed by atoms with van der Waals surface area (Å²) in [6, 6.07) is 32.2. The molecule has 2 atom stereocenters. The largest absolute Gasteiger partial charge is 1.00 e. The van der Waals surface area contributed by atoms with Crippen LogP contribution >= 0.6 is 0 Å². The number of halogens is 9. The predicted molar refractivity (Wildman–Crippen MR) is 300 cm³/mol. The number of benzene rings is 3. The summed E-state index contributed by atoms with van der Waals surface area (Å²) in [7, 11) is -10.4. The molecule has 0 aliphatic heterocycles. The third kappa shape index (κ3) is 16.2. The van der Waals surface area contributed by atoms with Crippen LogP contribution in [0.1, 0.15) is 117 Å². The minimum absolute atomic E-state index is 0. The third-order valence-electron chi connectivity index (χ3n) is 20.9. The Morgan fingerprint density at radius 2 is 0.693 bits per heavy atom. The van der Waals surface area contributed by atoms with E-state index in [-0.39, 0.29) is 76.0 Å². The summed E-state index contributed by atoms with van der Waals surface area (Å²) >= 11 is 0. The van der Waals surface area contributed by atoms with Gasteiger partial charge in [0.05, 0.1) is 42.6 Å². The molecule has 0 radical (unpaired) electrons. The molecule has 0 N–H and O–H groups in total. The topological polar surface area (TPSA) is 193 Å². The standard InChI is InChI=1S/C18H15S.2C15H21F3O5S.C15H19F3O2.Na/c1-4-10-16(11-5-1)19(17-12-6-2-7-13-17)18-14-8-3-9-15-18;2*1-14(10-3-8-2-9(5-10)6-11(14)4-8)23-13(19)12(15(16,17)18)7-24(20,21)22;1-8(15(16,17)18)13(19)20-14(2)11-4-9-3-10(6-11)7-12(14)5-9;/h1-15H;2*8-12H,2-7H2,1H3,(H,20,21,22);9-12H,1,3-7H2,2H3;/q+1;;;;+1/p-2. The summed E-state index contributed by atoms with van der Waals surface area (Å²) in [5.41, 5.74) is -4.13. The SMILES string of the molecule is C=C(C(=O)OC1(C)C2CC3CC(C2)CC1C3)C(F)(F)F.CC1(OC(=O)C(CS(=O)(=O)[O-])C(F)(F)F)C2CC3CC(C2)CC1C3.CC1(OC(=O)C(CS(=O)(=O)[O-])C(F)(F)F)C2CC3CC(C2)CC1C3.[Na+].c1ccc([S+](c2ccccc2)c2ccccc2)cc1. The fourth-order valence-corrected chi connectivity index (χ4v) is 20.5. The van der Waals surface area contributed by atoms with Gasteiger partial charge in [-0.05, 0) is 224 Å². The van der Waals surface area contributed by atoms with Crippen LogP contribution in [0.15, 0.2) is 118 Å².